The van der Waals surface area contributed by atoms with Crippen LogP contribution in [0.4, 0.5) is 10.1 Å². The van der Waals surface area contributed by atoms with Gasteiger partial charge in [-0.3, -0.25) is 0 Å². The Morgan fingerprint density at radius 3 is 2.50 bits per heavy atom. The Morgan fingerprint density at radius 1 is 1.03 bits per heavy atom. The summed E-state index contributed by atoms with van der Waals surface area (Å²) in [6.45, 7) is 2.52. The van der Waals surface area contributed by atoms with E-state index in [9.17, 15) is 4.39 Å². The van der Waals surface area contributed by atoms with E-state index in [4.69, 9.17) is 20.8 Å². The van der Waals surface area contributed by atoms with E-state index in [1.54, 1.807) is 6.07 Å². The summed E-state index contributed by atoms with van der Waals surface area (Å²) in [5, 5.41) is 12.0. The van der Waals surface area contributed by atoms with E-state index in [1.807, 2.05) is 61.5 Å². The van der Waals surface area contributed by atoms with Crippen LogP contribution in [0.1, 0.15) is 24.4 Å². The van der Waals surface area contributed by atoms with Gasteiger partial charge in [-0.05, 0) is 55.5 Å². The molecule has 0 aliphatic rings. The van der Waals surface area contributed by atoms with Gasteiger partial charge in [0.15, 0.2) is 0 Å². The zero-order valence-electron chi connectivity index (χ0n) is 16.2. The second-order valence-corrected chi connectivity index (χ2v) is 6.92. The van der Waals surface area contributed by atoms with E-state index in [-0.39, 0.29) is 5.02 Å². The molecule has 0 bridgehead atoms. The third-order valence-corrected chi connectivity index (χ3v) is 4.79. The zero-order valence-corrected chi connectivity index (χ0v) is 16.9. The number of rotatable bonds is 7. The lowest BCUT2D eigenvalue weighted by atomic mass is 10.1. The lowest BCUT2D eigenvalue weighted by Crippen LogP contribution is -2.13. The van der Waals surface area contributed by atoms with Gasteiger partial charge in [-0.1, -0.05) is 35.9 Å². The van der Waals surface area contributed by atoms with Crippen LogP contribution in [0.25, 0.3) is 11.5 Å². The Kier molecular flexibility index (Phi) is 5.95. The topological polar surface area (TPSA) is 60.2 Å². The normalized spacial score (nSPS) is 11.8. The Labute approximate surface area is 178 Å². The molecule has 1 atom stereocenters. The van der Waals surface area contributed by atoms with Gasteiger partial charge in [-0.15, -0.1) is 10.2 Å². The Balaban J connectivity index is 1.70. The molecule has 0 unspecified atom stereocenters. The van der Waals surface area contributed by atoms with Crippen LogP contribution >= 0.6 is 11.6 Å². The van der Waals surface area contributed by atoms with Gasteiger partial charge >= 0.3 is 0 Å². The monoisotopic (exact) mass is 423 g/mol. The minimum Gasteiger partial charge on any atom is -0.494 e. The van der Waals surface area contributed by atoms with E-state index in [0.29, 0.717) is 24.0 Å². The summed E-state index contributed by atoms with van der Waals surface area (Å²) in [7, 11) is 0. The van der Waals surface area contributed by atoms with E-state index < -0.39 is 11.9 Å². The minimum absolute atomic E-state index is 0.262. The molecule has 0 fully saturated rings. The summed E-state index contributed by atoms with van der Waals surface area (Å²) in [6.07, 6.45) is 0. The van der Waals surface area contributed by atoms with Crippen molar-refractivity contribution in [1.29, 1.82) is 0 Å². The number of nitrogens with one attached hydrogen (secondary N) is 1. The highest BCUT2D eigenvalue weighted by Gasteiger charge is 2.24. The SMILES string of the molecule is CCOc1ccc(N[C@H](c2nnc(-c3ccccc3)o2)c2ccc(F)cc2Cl)cc1. The number of anilines is 1. The number of nitrogens with zero attached hydrogens (tertiary/aromatic N) is 2. The van der Waals surface area contributed by atoms with Crippen LogP contribution in [0.15, 0.2) is 77.2 Å². The van der Waals surface area contributed by atoms with Crippen molar-refractivity contribution in [2.75, 3.05) is 11.9 Å². The molecule has 3 aromatic carbocycles. The molecular formula is C23H19ClFN3O2. The summed E-state index contributed by atoms with van der Waals surface area (Å²) in [5.74, 6) is 1.06. The van der Waals surface area contributed by atoms with Crippen LogP contribution in [-0.2, 0) is 0 Å². The molecule has 4 aromatic rings. The quantitative estimate of drug-likeness (QED) is 0.387. The van der Waals surface area contributed by atoms with Crippen LogP contribution in [0.3, 0.4) is 0 Å². The summed E-state index contributed by atoms with van der Waals surface area (Å²) >= 11 is 6.34. The molecule has 0 saturated carbocycles. The average molecular weight is 424 g/mol. The fourth-order valence-electron chi connectivity index (χ4n) is 3.04. The van der Waals surface area contributed by atoms with Crippen molar-refractivity contribution in [1.82, 2.24) is 10.2 Å². The number of benzene rings is 3. The van der Waals surface area contributed by atoms with Crippen LogP contribution in [-0.4, -0.2) is 16.8 Å². The Bertz CT molecular complexity index is 1120. The molecule has 1 N–H and O–H groups in total. The van der Waals surface area contributed by atoms with Gasteiger partial charge in [0.2, 0.25) is 11.8 Å². The van der Waals surface area contributed by atoms with Gasteiger partial charge in [-0.25, -0.2) is 4.39 Å². The second-order valence-electron chi connectivity index (χ2n) is 6.51. The lowest BCUT2D eigenvalue weighted by molar-refractivity contribution is 0.340. The van der Waals surface area contributed by atoms with E-state index in [1.165, 1.54) is 12.1 Å². The Hall–Kier alpha value is -3.38. The van der Waals surface area contributed by atoms with Crippen molar-refractivity contribution in [3.63, 3.8) is 0 Å². The summed E-state index contributed by atoms with van der Waals surface area (Å²) in [6, 6.07) is 20.6. The first kappa shape index (κ1) is 19.9. The maximum atomic E-state index is 13.6. The third-order valence-electron chi connectivity index (χ3n) is 4.46. The van der Waals surface area contributed by atoms with Gasteiger partial charge in [0.25, 0.3) is 0 Å². The fraction of sp³-hybridized carbons (Fsp3) is 0.130. The smallest absolute Gasteiger partial charge is 0.247 e. The van der Waals surface area contributed by atoms with Crippen molar-refractivity contribution in [3.8, 4) is 17.2 Å². The van der Waals surface area contributed by atoms with Crippen molar-refractivity contribution < 1.29 is 13.5 Å². The first-order valence-electron chi connectivity index (χ1n) is 9.47. The molecule has 5 nitrogen and oxygen atoms in total. The van der Waals surface area contributed by atoms with Crippen molar-refractivity contribution >= 4 is 17.3 Å². The lowest BCUT2D eigenvalue weighted by Gasteiger charge is -2.18. The van der Waals surface area contributed by atoms with E-state index in [2.05, 4.69) is 15.5 Å². The van der Waals surface area contributed by atoms with Crippen LogP contribution in [0.2, 0.25) is 5.02 Å². The molecule has 30 heavy (non-hydrogen) atoms. The van der Waals surface area contributed by atoms with Crippen LogP contribution < -0.4 is 10.1 Å². The summed E-state index contributed by atoms with van der Waals surface area (Å²) in [4.78, 5) is 0. The molecular weight excluding hydrogens is 405 g/mol. The van der Waals surface area contributed by atoms with Crippen molar-refractivity contribution in [2.24, 2.45) is 0 Å². The molecule has 1 aromatic heterocycles. The van der Waals surface area contributed by atoms with Gasteiger partial charge < -0.3 is 14.5 Å². The van der Waals surface area contributed by atoms with Crippen molar-refractivity contribution in [3.05, 3.63) is 95.1 Å². The number of halogens is 2. The van der Waals surface area contributed by atoms with Gasteiger partial charge in [-0.2, -0.15) is 0 Å². The summed E-state index contributed by atoms with van der Waals surface area (Å²) < 4.78 is 25.0. The molecule has 7 heteroatoms. The van der Waals surface area contributed by atoms with E-state index in [0.717, 1.165) is 17.0 Å². The van der Waals surface area contributed by atoms with E-state index >= 15 is 0 Å². The third kappa shape index (κ3) is 4.44. The predicted octanol–water partition coefficient (Wildman–Crippen LogP) is 6.13. The number of ether oxygens (including phenoxy) is 1. The zero-order chi connectivity index (χ0) is 20.9. The molecule has 0 aliphatic carbocycles. The van der Waals surface area contributed by atoms with Crippen LogP contribution in [0.5, 0.6) is 5.75 Å². The van der Waals surface area contributed by atoms with Crippen molar-refractivity contribution in [2.45, 2.75) is 13.0 Å². The average Bonchev–Trinajstić information content (AvgIpc) is 3.25. The number of hydrogen-bond donors (Lipinski definition) is 1. The van der Waals surface area contributed by atoms with Crippen LogP contribution in [0, 0.1) is 5.82 Å². The molecule has 0 saturated heterocycles. The standard InChI is InChI=1S/C23H19ClFN3O2/c1-2-29-18-11-9-17(10-12-18)26-21(19-13-8-16(25)14-20(19)24)23-28-27-22(30-23)15-6-4-3-5-7-15/h3-14,21,26H,2H2,1H3/t21-/m0/s1. The highest BCUT2D eigenvalue weighted by molar-refractivity contribution is 6.31. The van der Waals surface area contributed by atoms with Gasteiger partial charge in [0, 0.05) is 21.8 Å². The van der Waals surface area contributed by atoms with Gasteiger partial charge in [0.05, 0.1) is 6.61 Å². The maximum Gasteiger partial charge on any atom is 0.247 e. The molecule has 152 valence electrons. The second kappa shape index (κ2) is 8.97. The molecule has 0 aliphatic heterocycles. The molecule has 0 amide bonds. The predicted molar refractivity (Wildman–Crippen MR) is 114 cm³/mol. The highest BCUT2D eigenvalue weighted by Crippen LogP contribution is 2.33. The van der Waals surface area contributed by atoms with Gasteiger partial charge in [0.1, 0.15) is 17.6 Å². The Morgan fingerprint density at radius 2 is 1.80 bits per heavy atom. The first-order valence-corrected chi connectivity index (χ1v) is 9.85. The first-order chi connectivity index (χ1) is 14.6. The fourth-order valence-corrected chi connectivity index (χ4v) is 3.31. The molecule has 1 heterocycles. The molecule has 0 radical (unpaired) electrons. The molecule has 0 spiro atoms. The largest absolute Gasteiger partial charge is 0.494 e. The maximum absolute atomic E-state index is 13.6. The highest BCUT2D eigenvalue weighted by atomic mass is 35.5. The summed E-state index contributed by atoms with van der Waals surface area (Å²) in [5.41, 5.74) is 2.22. The minimum atomic E-state index is -0.569. The number of hydrogen-bond acceptors (Lipinski definition) is 5. The number of aromatic nitrogens is 2. The molecule has 4 rings (SSSR count).